The molecule has 0 saturated carbocycles. The van der Waals surface area contributed by atoms with E-state index in [1.54, 1.807) is 6.92 Å². The fraction of sp³-hybridized carbons (Fsp3) is 0.265. The standard InChI is InChI=1S/C34H36N4O3S3/c1-3-28(43-26-17-11-16-25(20-26)36-34(42)35-24-14-9-6-10-15-24)31(39)37-32-30(33(40)41-4-2)27-18-19-38(22-29(27)44-32)21-23-12-7-5-8-13-23/h5-17,20,28H,3-4,18-19,21-22H2,1-2H3,(H,37,39)(H2,35,36,42). The van der Waals surface area contributed by atoms with Crippen molar-refractivity contribution in [3.63, 3.8) is 0 Å². The van der Waals surface area contributed by atoms with E-state index in [4.69, 9.17) is 17.0 Å². The van der Waals surface area contributed by atoms with E-state index in [0.717, 1.165) is 52.8 Å². The number of carbonyl (C=O) groups is 2. The van der Waals surface area contributed by atoms with E-state index in [1.807, 2.05) is 67.6 Å². The molecule has 4 aromatic rings. The zero-order valence-electron chi connectivity index (χ0n) is 24.8. The highest BCUT2D eigenvalue weighted by Gasteiger charge is 2.31. The van der Waals surface area contributed by atoms with Crippen molar-refractivity contribution in [3.8, 4) is 0 Å². The van der Waals surface area contributed by atoms with Gasteiger partial charge in [0.05, 0.1) is 17.4 Å². The first-order valence-electron chi connectivity index (χ1n) is 14.7. The molecule has 0 saturated heterocycles. The highest BCUT2D eigenvalue weighted by atomic mass is 32.2. The molecule has 3 N–H and O–H groups in total. The number of hydrogen-bond donors (Lipinski definition) is 3. The van der Waals surface area contributed by atoms with Gasteiger partial charge in [0.2, 0.25) is 5.91 Å². The van der Waals surface area contributed by atoms with Crippen LogP contribution in [0.15, 0.2) is 89.8 Å². The Balaban J connectivity index is 1.27. The number of fused-ring (bicyclic) bond motifs is 1. The van der Waals surface area contributed by atoms with Gasteiger partial charge in [-0.25, -0.2) is 4.79 Å². The lowest BCUT2D eigenvalue weighted by molar-refractivity contribution is -0.115. The Morgan fingerprint density at radius 3 is 2.39 bits per heavy atom. The second-order valence-electron chi connectivity index (χ2n) is 10.4. The van der Waals surface area contributed by atoms with Gasteiger partial charge in [-0.15, -0.1) is 23.1 Å². The smallest absolute Gasteiger partial charge is 0.341 e. The predicted molar refractivity (Wildman–Crippen MR) is 186 cm³/mol. The minimum atomic E-state index is -0.378. The number of ether oxygens (including phenoxy) is 1. The number of nitrogens with zero attached hydrogens (tertiary/aromatic N) is 1. The molecule has 10 heteroatoms. The zero-order valence-corrected chi connectivity index (χ0v) is 27.2. The first-order valence-corrected chi connectivity index (χ1v) is 16.8. The number of amides is 1. The molecule has 5 rings (SSSR count). The largest absolute Gasteiger partial charge is 0.462 e. The highest BCUT2D eigenvalue weighted by Crippen LogP contribution is 2.39. The van der Waals surface area contributed by atoms with Crippen LogP contribution in [-0.4, -0.2) is 40.3 Å². The fourth-order valence-electron chi connectivity index (χ4n) is 5.08. The van der Waals surface area contributed by atoms with Crippen molar-refractivity contribution in [1.82, 2.24) is 4.90 Å². The zero-order chi connectivity index (χ0) is 30.9. The first-order chi connectivity index (χ1) is 21.4. The Morgan fingerprint density at radius 1 is 0.955 bits per heavy atom. The molecule has 44 heavy (non-hydrogen) atoms. The summed E-state index contributed by atoms with van der Waals surface area (Å²) in [6.45, 7) is 6.47. The summed E-state index contributed by atoms with van der Waals surface area (Å²) in [5, 5.41) is 10.2. The van der Waals surface area contributed by atoms with E-state index < -0.39 is 0 Å². The van der Waals surface area contributed by atoms with E-state index in [9.17, 15) is 9.59 Å². The molecule has 1 aliphatic rings. The monoisotopic (exact) mass is 644 g/mol. The maximum Gasteiger partial charge on any atom is 0.341 e. The number of thioether (sulfide) groups is 1. The van der Waals surface area contributed by atoms with Crippen LogP contribution in [-0.2, 0) is 29.0 Å². The fourth-order valence-corrected chi connectivity index (χ4v) is 7.61. The van der Waals surface area contributed by atoms with Crippen LogP contribution in [0.2, 0.25) is 0 Å². The number of benzene rings is 3. The molecule has 7 nitrogen and oxygen atoms in total. The Bertz CT molecular complexity index is 1590. The van der Waals surface area contributed by atoms with Gasteiger partial charge in [-0.3, -0.25) is 9.69 Å². The van der Waals surface area contributed by atoms with Gasteiger partial charge < -0.3 is 20.7 Å². The Hall–Kier alpha value is -3.70. The average molecular weight is 645 g/mol. The average Bonchev–Trinajstić information content (AvgIpc) is 3.38. The van der Waals surface area contributed by atoms with E-state index in [2.05, 4.69) is 45.1 Å². The number of para-hydroxylation sites is 1. The first kappa shape index (κ1) is 31.7. The lowest BCUT2D eigenvalue weighted by Crippen LogP contribution is -2.30. The van der Waals surface area contributed by atoms with E-state index in [-0.39, 0.29) is 23.7 Å². The normalized spacial score (nSPS) is 13.4. The lowest BCUT2D eigenvalue weighted by atomic mass is 10.0. The quantitative estimate of drug-likeness (QED) is 0.0867. The second-order valence-corrected chi connectivity index (χ2v) is 13.1. The van der Waals surface area contributed by atoms with Gasteiger partial charge in [0.1, 0.15) is 5.00 Å². The minimum absolute atomic E-state index is 0.137. The van der Waals surface area contributed by atoms with Crippen molar-refractivity contribution in [3.05, 3.63) is 106 Å². The summed E-state index contributed by atoms with van der Waals surface area (Å²) < 4.78 is 5.44. The third kappa shape index (κ3) is 8.26. The van der Waals surface area contributed by atoms with Crippen molar-refractivity contribution in [2.45, 2.75) is 49.9 Å². The van der Waals surface area contributed by atoms with Gasteiger partial charge in [-0.1, -0.05) is 61.5 Å². The lowest BCUT2D eigenvalue weighted by Gasteiger charge is -2.27. The Morgan fingerprint density at radius 2 is 1.66 bits per heavy atom. The maximum absolute atomic E-state index is 13.6. The highest BCUT2D eigenvalue weighted by molar-refractivity contribution is 8.00. The second kappa shape index (κ2) is 15.3. The van der Waals surface area contributed by atoms with Gasteiger partial charge in [-0.2, -0.15) is 0 Å². The number of thiocarbonyl (C=S) groups is 1. The predicted octanol–water partition coefficient (Wildman–Crippen LogP) is 7.80. The molecule has 2 heterocycles. The van der Waals surface area contributed by atoms with Crippen molar-refractivity contribution in [2.75, 3.05) is 29.1 Å². The number of thiophene rings is 1. The van der Waals surface area contributed by atoms with Crippen molar-refractivity contribution < 1.29 is 14.3 Å². The van der Waals surface area contributed by atoms with E-state index in [0.29, 0.717) is 22.1 Å². The van der Waals surface area contributed by atoms with Crippen LogP contribution < -0.4 is 16.0 Å². The third-order valence-electron chi connectivity index (χ3n) is 7.17. The molecule has 0 radical (unpaired) electrons. The van der Waals surface area contributed by atoms with Crippen LogP contribution in [0, 0.1) is 0 Å². The molecular formula is C34H36N4O3S3. The minimum Gasteiger partial charge on any atom is -0.462 e. The van der Waals surface area contributed by atoms with Crippen LogP contribution >= 0.6 is 35.3 Å². The van der Waals surface area contributed by atoms with Crippen LogP contribution in [0.25, 0.3) is 0 Å². The third-order valence-corrected chi connectivity index (χ3v) is 9.86. The number of carbonyl (C=O) groups excluding carboxylic acids is 2. The molecule has 1 aromatic heterocycles. The Kier molecular flexibility index (Phi) is 11.1. The van der Waals surface area contributed by atoms with Crippen molar-refractivity contribution >= 4 is 68.7 Å². The van der Waals surface area contributed by atoms with Crippen LogP contribution in [0.4, 0.5) is 16.4 Å². The van der Waals surface area contributed by atoms with Gasteiger partial charge >= 0.3 is 5.97 Å². The molecular weight excluding hydrogens is 609 g/mol. The molecule has 1 atom stereocenters. The van der Waals surface area contributed by atoms with Gasteiger partial charge in [0, 0.05) is 40.8 Å². The molecule has 1 aliphatic heterocycles. The van der Waals surface area contributed by atoms with Gasteiger partial charge in [-0.05, 0) is 73.4 Å². The molecule has 0 spiro atoms. The van der Waals surface area contributed by atoms with E-state index in [1.165, 1.54) is 28.7 Å². The van der Waals surface area contributed by atoms with Gasteiger partial charge in [0.25, 0.3) is 0 Å². The summed E-state index contributed by atoms with van der Waals surface area (Å²) in [6.07, 6.45) is 1.35. The molecule has 228 valence electrons. The van der Waals surface area contributed by atoms with Gasteiger partial charge in [0.15, 0.2) is 5.11 Å². The van der Waals surface area contributed by atoms with Crippen molar-refractivity contribution in [1.29, 1.82) is 0 Å². The number of rotatable bonds is 11. The summed E-state index contributed by atoms with van der Waals surface area (Å²) in [5.74, 6) is -0.515. The molecule has 1 amide bonds. The van der Waals surface area contributed by atoms with Crippen molar-refractivity contribution in [2.24, 2.45) is 0 Å². The summed E-state index contributed by atoms with van der Waals surface area (Å²) in [4.78, 5) is 31.2. The molecule has 0 bridgehead atoms. The number of esters is 1. The van der Waals surface area contributed by atoms with E-state index >= 15 is 0 Å². The molecule has 0 fully saturated rings. The summed E-state index contributed by atoms with van der Waals surface area (Å²) in [5.41, 5.74) is 4.48. The number of hydrogen-bond acceptors (Lipinski definition) is 7. The molecule has 3 aromatic carbocycles. The van der Waals surface area contributed by atoms with Crippen LogP contribution in [0.5, 0.6) is 0 Å². The molecule has 0 aliphatic carbocycles. The number of anilines is 3. The van der Waals surface area contributed by atoms with Crippen LogP contribution in [0.3, 0.4) is 0 Å². The topological polar surface area (TPSA) is 82.7 Å². The summed E-state index contributed by atoms with van der Waals surface area (Å²) in [7, 11) is 0. The summed E-state index contributed by atoms with van der Waals surface area (Å²) in [6, 6.07) is 28.0. The number of nitrogens with one attached hydrogen (secondary N) is 3. The maximum atomic E-state index is 13.6. The summed E-state index contributed by atoms with van der Waals surface area (Å²) >= 11 is 8.46. The SMILES string of the molecule is CCOC(=O)c1c(NC(=O)C(CC)Sc2cccc(NC(=S)Nc3ccccc3)c2)sc2c1CCN(Cc1ccccc1)C2. The Labute approximate surface area is 272 Å². The van der Waals surface area contributed by atoms with Crippen LogP contribution in [0.1, 0.15) is 46.6 Å². The molecule has 1 unspecified atom stereocenters.